The number of carbonyl (C=O) groups excluding carboxylic acids is 2. The smallest absolute Gasteiger partial charge is 0.271 e. The number of nitrogens with one attached hydrogen (secondary N) is 2. The number of anilines is 1. The van der Waals surface area contributed by atoms with E-state index in [1.54, 1.807) is 48.5 Å². The topological polar surface area (TPSA) is 79.8 Å². The predicted molar refractivity (Wildman–Crippen MR) is 118 cm³/mol. The molecule has 6 nitrogen and oxygen atoms in total. The first-order chi connectivity index (χ1) is 14.9. The summed E-state index contributed by atoms with van der Waals surface area (Å²) in [5.41, 5.74) is 3.26. The lowest BCUT2D eigenvalue weighted by atomic mass is 10.2. The molecule has 0 bridgehead atoms. The van der Waals surface area contributed by atoms with Crippen LogP contribution in [-0.4, -0.2) is 24.6 Å². The fourth-order valence-electron chi connectivity index (χ4n) is 2.47. The number of hydrogen-bond donors (Lipinski definition) is 2. The van der Waals surface area contributed by atoms with E-state index in [-0.39, 0.29) is 12.3 Å². The molecule has 0 aliphatic heterocycles. The molecule has 158 valence electrons. The molecule has 31 heavy (non-hydrogen) atoms. The molecule has 0 unspecified atom stereocenters. The molecule has 2 amide bonds. The summed E-state index contributed by atoms with van der Waals surface area (Å²) in [6.07, 6.45) is 1.34. The zero-order chi connectivity index (χ0) is 22.2. The van der Waals surface area contributed by atoms with E-state index in [2.05, 4.69) is 15.8 Å². The second-order valence-electron chi connectivity index (χ2n) is 6.20. The van der Waals surface area contributed by atoms with E-state index in [0.717, 1.165) is 0 Å². The lowest BCUT2D eigenvalue weighted by Crippen LogP contribution is -2.21. The van der Waals surface area contributed by atoms with Crippen molar-refractivity contribution >= 4 is 46.9 Å². The first-order valence-electron chi connectivity index (χ1n) is 8.98. The van der Waals surface area contributed by atoms with Crippen LogP contribution in [0.25, 0.3) is 0 Å². The summed E-state index contributed by atoms with van der Waals surface area (Å²) in [5.74, 6) is -1.22. The molecule has 3 aromatic carbocycles. The van der Waals surface area contributed by atoms with E-state index in [1.165, 1.54) is 24.4 Å². The number of hydrogen-bond acceptors (Lipinski definition) is 4. The predicted octanol–water partition coefficient (Wildman–Crippen LogP) is 4.91. The van der Waals surface area contributed by atoms with Crippen LogP contribution in [0, 0.1) is 5.82 Å². The number of ether oxygens (including phenoxy) is 1. The minimum atomic E-state index is -0.549. The van der Waals surface area contributed by atoms with Gasteiger partial charge in [-0.05, 0) is 54.6 Å². The Bertz CT molecular complexity index is 1120. The molecule has 0 fully saturated rings. The van der Waals surface area contributed by atoms with Crippen LogP contribution in [0.4, 0.5) is 10.1 Å². The number of hydrazone groups is 1. The van der Waals surface area contributed by atoms with Crippen molar-refractivity contribution in [3.8, 4) is 5.75 Å². The molecule has 0 atom stereocenters. The Morgan fingerprint density at radius 2 is 1.71 bits per heavy atom. The van der Waals surface area contributed by atoms with E-state index in [0.29, 0.717) is 26.9 Å². The van der Waals surface area contributed by atoms with Gasteiger partial charge >= 0.3 is 0 Å². The van der Waals surface area contributed by atoms with Gasteiger partial charge < -0.3 is 10.1 Å². The summed E-state index contributed by atoms with van der Waals surface area (Å²) in [4.78, 5) is 24.2. The van der Waals surface area contributed by atoms with Gasteiger partial charge in [-0.2, -0.15) is 5.10 Å². The van der Waals surface area contributed by atoms with Gasteiger partial charge in [0.15, 0.2) is 6.61 Å². The van der Waals surface area contributed by atoms with Crippen LogP contribution in [-0.2, 0) is 4.79 Å². The van der Waals surface area contributed by atoms with Crippen LogP contribution >= 0.6 is 23.2 Å². The van der Waals surface area contributed by atoms with Gasteiger partial charge in [-0.25, -0.2) is 9.82 Å². The maximum Gasteiger partial charge on any atom is 0.271 e. The summed E-state index contributed by atoms with van der Waals surface area (Å²) in [5, 5.41) is 7.25. The zero-order valence-corrected chi connectivity index (χ0v) is 17.5. The molecular formula is C22H16Cl2FN3O3. The maximum absolute atomic E-state index is 13.6. The van der Waals surface area contributed by atoms with Gasteiger partial charge in [-0.15, -0.1) is 0 Å². The molecule has 0 saturated heterocycles. The fourth-order valence-corrected chi connectivity index (χ4v) is 2.78. The van der Waals surface area contributed by atoms with Gasteiger partial charge in [-0.1, -0.05) is 35.3 Å². The molecule has 3 rings (SSSR count). The summed E-state index contributed by atoms with van der Waals surface area (Å²) in [7, 11) is 0. The Morgan fingerprint density at radius 3 is 2.45 bits per heavy atom. The van der Waals surface area contributed by atoms with Gasteiger partial charge in [0.1, 0.15) is 11.6 Å². The molecule has 0 heterocycles. The Labute approximate surface area is 187 Å². The third-order valence-corrected chi connectivity index (χ3v) is 4.44. The van der Waals surface area contributed by atoms with Crippen molar-refractivity contribution in [1.29, 1.82) is 0 Å². The van der Waals surface area contributed by atoms with Crippen LogP contribution in [0.15, 0.2) is 71.8 Å². The number of para-hydroxylation sites is 1. The number of carbonyl (C=O) groups is 2. The van der Waals surface area contributed by atoms with Crippen LogP contribution in [0.2, 0.25) is 10.0 Å². The van der Waals surface area contributed by atoms with Gasteiger partial charge in [0, 0.05) is 21.2 Å². The van der Waals surface area contributed by atoms with Crippen molar-refractivity contribution in [3.05, 3.63) is 93.7 Å². The first-order valence-corrected chi connectivity index (χ1v) is 9.73. The highest BCUT2D eigenvalue weighted by Gasteiger charge is 2.10. The lowest BCUT2D eigenvalue weighted by molar-refractivity contribution is -0.118. The standard InChI is InChI=1S/C22H16Cl2FN3O3/c23-16-7-5-14(6-8-16)22(30)28-26-12-15-11-17(24)9-10-20(15)31-13-21(29)27-19-4-2-1-3-18(19)25/h1-12H,13H2,(H,27,29)(H,28,30)/b26-12+. The molecule has 9 heteroatoms. The van der Waals surface area contributed by atoms with Crippen LogP contribution < -0.4 is 15.5 Å². The molecule has 0 aliphatic carbocycles. The summed E-state index contributed by atoms with van der Waals surface area (Å²) in [6, 6.07) is 16.8. The second kappa shape index (κ2) is 10.6. The van der Waals surface area contributed by atoms with Crippen molar-refractivity contribution in [1.82, 2.24) is 5.43 Å². The molecule has 0 radical (unpaired) electrons. The maximum atomic E-state index is 13.6. The largest absolute Gasteiger partial charge is 0.483 e. The number of benzene rings is 3. The van der Waals surface area contributed by atoms with Crippen molar-refractivity contribution in [3.63, 3.8) is 0 Å². The minimum Gasteiger partial charge on any atom is -0.483 e. The molecule has 0 aliphatic rings. The molecule has 0 spiro atoms. The van der Waals surface area contributed by atoms with E-state index in [9.17, 15) is 14.0 Å². The fraction of sp³-hybridized carbons (Fsp3) is 0.0455. The molecule has 2 N–H and O–H groups in total. The van der Waals surface area contributed by atoms with Gasteiger partial charge in [-0.3, -0.25) is 9.59 Å². The Morgan fingerprint density at radius 1 is 1.00 bits per heavy atom. The third-order valence-electron chi connectivity index (χ3n) is 3.95. The SMILES string of the molecule is O=C(COc1ccc(Cl)cc1/C=N/NC(=O)c1ccc(Cl)cc1)Nc1ccccc1F. The Balaban J connectivity index is 1.62. The third kappa shape index (κ3) is 6.53. The highest BCUT2D eigenvalue weighted by molar-refractivity contribution is 6.31. The normalized spacial score (nSPS) is 10.7. The first kappa shape index (κ1) is 22.3. The van der Waals surface area contributed by atoms with Crippen molar-refractivity contribution < 1.29 is 18.7 Å². The number of halogens is 3. The highest BCUT2D eigenvalue weighted by Crippen LogP contribution is 2.22. The zero-order valence-electron chi connectivity index (χ0n) is 15.9. The summed E-state index contributed by atoms with van der Waals surface area (Å²) >= 11 is 11.8. The molecule has 0 saturated carbocycles. The van der Waals surface area contributed by atoms with Gasteiger partial charge in [0.05, 0.1) is 11.9 Å². The van der Waals surface area contributed by atoms with Crippen LogP contribution in [0.1, 0.15) is 15.9 Å². The quantitative estimate of drug-likeness (QED) is 0.388. The van der Waals surface area contributed by atoms with E-state index >= 15 is 0 Å². The Hall–Kier alpha value is -3.42. The van der Waals surface area contributed by atoms with Crippen molar-refractivity contribution in [2.75, 3.05) is 11.9 Å². The van der Waals surface area contributed by atoms with E-state index in [1.807, 2.05) is 0 Å². The number of amides is 2. The van der Waals surface area contributed by atoms with Gasteiger partial charge in [0.2, 0.25) is 0 Å². The summed E-state index contributed by atoms with van der Waals surface area (Å²) < 4.78 is 19.1. The molecular weight excluding hydrogens is 444 g/mol. The second-order valence-corrected chi connectivity index (χ2v) is 7.08. The summed E-state index contributed by atoms with van der Waals surface area (Å²) in [6.45, 7) is -0.367. The van der Waals surface area contributed by atoms with Crippen molar-refractivity contribution in [2.24, 2.45) is 5.10 Å². The van der Waals surface area contributed by atoms with Gasteiger partial charge in [0.25, 0.3) is 11.8 Å². The monoisotopic (exact) mass is 459 g/mol. The average Bonchev–Trinajstić information content (AvgIpc) is 2.75. The molecule has 0 aromatic heterocycles. The minimum absolute atomic E-state index is 0.0545. The van der Waals surface area contributed by atoms with E-state index < -0.39 is 17.6 Å². The number of rotatable bonds is 7. The van der Waals surface area contributed by atoms with E-state index in [4.69, 9.17) is 27.9 Å². The van der Waals surface area contributed by atoms with Crippen LogP contribution in [0.5, 0.6) is 5.75 Å². The Kier molecular flexibility index (Phi) is 7.59. The lowest BCUT2D eigenvalue weighted by Gasteiger charge is -2.10. The highest BCUT2D eigenvalue weighted by atomic mass is 35.5. The molecule has 3 aromatic rings. The van der Waals surface area contributed by atoms with Crippen LogP contribution in [0.3, 0.4) is 0 Å². The number of nitrogens with zero attached hydrogens (tertiary/aromatic N) is 1. The van der Waals surface area contributed by atoms with Crippen molar-refractivity contribution in [2.45, 2.75) is 0 Å². The average molecular weight is 460 g/mol.